The molecule has 1 aliphatic rings. The number of rotatable bonds is 6. The van der Waals surface area contributed by atoms with Crippen LogP contribution in [0.3, 0.4) is 0 Å². The van der Waals surface area contributed by atoms with Crippen LogP contribution >= 0.6 is 11.8 Å². The Kier molecular flexibility index (Phi) is 4.51. The van der Waals surface area contributed by atoms with Crippen LogP contribution in [0.15, 0.2) is 23.1 Å². The summed E-state index contributed by atoms with van der Waals surface area (Å²) in [6.07, 6.45) is 1.96. The Hall–Kier alpha value is -1.18. The summed E-state index contributed by atoms with van der Waals surface area (Å²) in [5.41, 5.74) is 1.52. The van der Waals surface area contributed by atoms with Gasteiger partial charge in [-0.15, -0.1) is 11.8 Å². The zero-order chi connectivity index (χ0) is 13.0. The van der Waals surface area contributed by atoms with E-state index in [-0.39, 0.29) is 6.10 Å². The van der Waals surface area contributed by atoms with Gasteiger partial charge in [-0.2, -0.15) is 5.26 Å². The lowest BCUT2D eigenvalue weighted by Gasteiger charge is -2.14. The van der Waals surface area contributed by atoms with Crippen molar-refractivity contribution >= 4 is 17.4 Å². The summed E-state index contributed by atoms with van der Waals surface area (Å²) in [6, 6.07) is 8.07. The van der Waals surface area contributed by atoms with Crippen LogP contribution in [-0.2, 0) is 0 Å². The smallest absolute Gasteiger partial charge is 0.102 e. The van der Waals surface area contributed by atoms with Crippen molar-refractivity contribution in [2.24, 2.45) is 5.92 Å². The Morgan fingerprint density at radius 2 is 2.33 bits per heavy atom. The van der Waals surface area contributed by atoms with Crippen molar-refractivity contribution in [2.45, 2.75) is 30.8 Å². The molecule has 3 nitrogen and oxygen atoms in total. The van der Waals surface area contributed by atoms with Crippen molar-refractivity contribution < 1.29 is 5.11 Å². The van der Waals surface area contributed by atoms with Crippen molar-refractivity contribution in [1.29, 1.82) is 5.26 Å². The van der Waals surface area contributed by atoms with Crippen LogP contribution in [0, 0.1) is 17.2 Å². The molecule has 1 aromatic carbocycles. The molecular formula is C14H18N2OS. The van der Waals surface area contributed by atoms with Crippen molar-refractivity contribution in [3.05, 3.63) is 23.8 Å². The molecule has 18 heavy (non-hydrogen) atoms. The lowest BCUT2D eigenvalue weighted by molar-refractivity contribution is 0.164. The minimum atomic E-state index is -0.293. The number of anilines is 1. The van der Waals surface area contributed by atoms with Crippen LogP contribution in [0.4, 0.5) is 5.69 Å². The van der Waals surface area contributed by atoms with Crippen molar-refractivity contribution in [3.63, 3.8) is 0 Å². The van der Waals surface area contributed by atoms with Gasteiger partial charge in [0.1, 0.15) is 6.07 Å². The summed E-state index contributed by atoms with van der Waals surface area (Å²) in [5.74, 6) is 1.40. The molecule has 1 unspecified atom stereocenters. The molecular weight excluding hydrogens is 244 g/mol. The molecule has 0 aromatic heterocycles. The van der Waals surface area contributed by atoms with E-state index < -0.39 is 0 Å². The van der Waals surface area contributed by atoms with E-state index in [2.05, 4.69) is 18.3 Å². The lowest BCUT2D eigenvalue weighted by atomic mass is 10.1. The number of aliphatic hydroxyl groups is 1. The van der Waals surface area contributed by atoms with E-state index in [0.717, 1.165) is 29.2 Å². The van der Waals surface area contributed by atoms with E-state index in [1.807, 2.05) is 18.2 Å². The van der Waals surface area contributed by atoms with Gasteiger partial charge in [-0.1, -0.05) is 13.0 Å². The lowest BCUT2D eigenvalue weighted by Crippen LogP contribution is -2.21. The average molecular weight is 262 g/mol. The molecule has 0 radical (unpaired) electrons. The van der Waals surface area contributed by atoms with Crippen LogP contribution in [0.2, 0.25) is 0 Å². The summed E-state index contributed by atoms with van der Waals surface area (Å²) >= 11 is 1.67. The maximum absolute atomic E-state index is 9.84. The number of nitrogens with zero attached hydrogens (tertiary/aromatic N) is 1. The molecule has 0 saturated heterocycles. The highest BCUT2D eigenvalue weighted by atomic mass is 32.2. The Bertz CT molecular complexity index is 452. The molecule has 1 aliphatic carbocycles. The molecule has 0 bridgehead atoms. The average Bonchev–Trinajstić information content (AvgIpc) is 3.20. The molecule has 1 atom stereocenters. The van der Waals surface area contributed by atoms with E-state index >= 15 is 0 Å². The summed E-state index contributed by atoms with van der Waals surface area (Å²) in [5, 5.41) is 22.3. The summed E-state index contributed by atoms with van der Waals surface area (Å²) in [6.45, 7) is 2.60. The van der Waals surface area contributed by atoms with Gasteiger partial charge < -0.3 is 10.4 Å². The number of nitriles is 1. The second-order valence-electron chi connectivity index (χ2n) is 4.51. The van der Waals surface area contributed by atoms with E-state index in [1.54, 1.807) is 11.8 Å². The van der Waals surface area contributed by atoms with Gasteiger partial charge in [0.25, 0.3) is 0 Å². The van der Waals surface area contributed by atoms with Crippen LogP contribution < -0.4 is 5.32 Å². The Morgan fingerprint density at radius 1 is 1.56 bits per heavy atom. The van der Waals surface area contributed by atoms with E-state index in [1.165, 1.54) is 0 Å². The predicted molar refractivity (Wildman–Crippen MR) is 74.8 cm³/mol. The molecule has 4 heteroatoms. The van der Waals surface area contributed by atoms with Crippen molar-refractivity contribution in [1.82, 2.24) is 0 Å². The molecule has 0 spiro atoms. The third-order valence-corrected chi connectivity index (χ3v) is 4.05. The largest absolute Gasteiger partial charge is 0.391 e. The quantitative estimate of drug-likeness (QED) is 0.774. The minimum absolute atomic E-state index is 0.293. The maximum Gasteiger partial charge on any atom is 0.102 e. The Morgan fingerprint density at radius 3 is 2.94 bits per heavy atom. The maximum atomic E-state index is 9.84. The molecule has 1 aromatic rings. The zero-order valence-corrected chi connectivity index (χ0v) is 11.3. The normalized spacial score (nSPS) is 16.1. The van der Waals surface area contributed by atoms with Gasteiger partial charge in [-0.05, 0) is 36.6 Å². The van der Waals surface area contributed by atoms with Crippen molar-refractivity contribution in [2.75, 3.05) is 17.6 Å². The first-order valence-corrected chi connectivity index (χ1v) is 7.32. The standard InChI is InChI=1S/C14H18N2OS/c1-2-18-14-5-3-4-12(11(14)8-15)16-9-13(17)10-6-7-10/h3-5,10,13,16-17H,2,6-7,9H2,1H3. The van der Waals surface area contributed by atoms with E-state index in [4.69, 9.17) is 0 Å². The van der Waals surface area contributed by atoms with Gasteiger partial charge >= 0.3 is 0 Å². The number of aliphatic hydroxyl groups excluding tert-OH is 1. The second kappa shape index (κ2) is 6.12. The number of benzene rings is 1. The fourth-order valence-electron chi connectivity index (χ4n) is 1.93. The first-order chi connectivity index (χ1) is 8.76. The SMILES string of the molecule is CCSc1cccc(NCC(O)C2CC2)c1C#N. The van der Waals surface area contributed by atoms with Gasteiger partial charge in [0.15, 0.2) is 0 Å². The number of nitrogens with one attached hydrogen (secondary N) is 1. The van der Waals surface area contributed by atoms with Crippen molar-refractivity contribution in [3.8, 4) is 6.07 Å². The van der Waals surface area contributed by atoms with Crippen LogP contribution in [0.5, 0.6) is 0 Å². The Balaban J connectivity index is 2.06. The molecule has 0 amide bonds. The fraction of sp³-hybridized carbons (Fsp3) is 0.500. The molecule has 0 heterocycles. The first kappa shape index (κ1) is 13.3. The van der Waals surface area contributed by atoms with E-state index in [9.17, 15) is 10.4 Å². The Labute approximate surface area is 112 Å². The zero-order valence-electron chi connectivity index (χ0n) is 10.5. The van der Waals surface area contributed by atoms with Crippen LogP contribution in [-0.4, -0.2) is 23.5 Å². The third kappa shape index (κ3) is 3.18. The first-order valence-electron chi connectivity index (χ1n) is 6.34. The van der Waals surface area contributed by atoms with Gasteiger partial charge in [0.2, 0.25) is 0 Å². The van der Waals surface area contributed by atoms with E-state index in [0.29, 0.717) is 18.0 Å². The fourth-order valence-corrected chi connectivity index (χ4v) is 2.72. The highest BCUT2D eigenvalue weighted by Gasteiger charge is 2.29. The van der Waals surface area contributed by atoms with Crippen LogP contribution in [0.25, 0.3) is 0 Å². The second-order valence-corrected chi connectivity index (χ2v) is 5.82. The monoisotopic (exact) mass is 262 g/mol. The predicted octanol–water partition coefficient (Wildman–Crippen LogP) is 2.85. The van der Waals surface area contributed by atoms with Crippen LogP contribution in [0.1, 0.15) is 25.3 Å². The highest BCUT2D eigenvalue weighted by Crippen LogP contribution is 2.33. The number of hydrogen-bond donors (Lipinski definition) is 2. The molecule has 0 aliphatic heterocycles. The van der Waals surface area contributed by atoms with Gasteiger partial charge in [0.05, 0.1) is 17.4 Å². The van der Waals surface area contributed by atoms with Gasteiger partial charge in [-0.3, -0.25) is 0 Å². The minimum Gasteiger partial charge on any atom is -0.391 e. The molecule has 2 rings (SSSR count). The third-order valence-electron chi connectivity index (χ3n) is 3.11. The summed E-state index contributed by atoms with van der Waals surface area (Å²) in [4.78, 5) is 1.01. The molecule has 1 fully saturated rings. The molecule has 1 saturated carbocycles. The summed E-state index contributed by atoms with van der Waals surface area (Å²) in [7, 11) is 0. The number of thioether (sulfide) groups is 1. The van der Waals surface area contributed by atoms with Gasteiger partial charge in [0, 0.05) is 11.4 Å². The summed E-state index contributed by atoms with van der Waals surface area (Å²) < 4.78 is 0. The highest BCUT2D eigenvalue weighted by molar-refractivity contribution is 7.99. The van der Waals surface area contributed by atoms with Gasteiger partial charge in [-0.25, -0.2) is 0 Å². The molecule has 96 valence electrons. The topological polar surface area (TPSA) is 56.0 Å². The molecule has 2 N–H and O–H groups in total. The number of hydrogen-bond acceptors (Lipinski definition) is 4.